The number of carbonyl (C=O) groups excluding carboxylic acids is 2. The van der Waals surface area contributed by atoms with E-state index in [1.54, 1.807) is 24.3 Å². The third-order valence-corrected chi connectivity index (χ3v) is 5.66. The van der Waals surface area contributed by atoms with Gasteiger partial charge in [0.2, 0.25) is 0 Å². The summed E-state index contributed by atoms with van der Waals surface area (Å²) in [6.45, 7) is 6.60. The van der Waals surface area contributed by atoms with Crippen LogP contribution in [0.4, 0.5) is 0 Å². The molecule has 2 atom stereocenters. The lowest BCUT2D eigenvalue weighted by Crippen LogP contribution is -2.55. The van der Waals surface area contributed by atoms with Crippen LogP contribution in [0.15, 0.2) is 24.3 Å². The van der Waals surface area contributed by atoms with Crippen LogP contribution in [0.5, 0.6) is 0 Å². The van der Waals surface area contributed by atoms with E-state index in [-0.39, 0.29) is 23.5 Å². The zero-order chi connectivity index (χ0) is 17.4. The summed E-state index contributed by atoms with van der Waals surface area (Å²) in [6.07, 6.45) is 1.83. The minimum Gasteiger partial charge on any atom is -0.375 e. The smallest absolute Gasteiger partial charge is 0.261 e. The number of hydrogen-bond acceptors (Lipinski definition) is 5. The molecular weight excluding hydrogens is 320 g/mol. The fourth-order valence-corrected chi connectivity index (χ4v) is 4.13. The molecule has 25 heavy (non-hydrogen) atoms. The van der Waals surface area contributed by atoms with E-state index >= 15 is 0 Å². The van der Waals surface area contributed by atoms with Gasteiger partial charge in [-0.2, -0.15) is 0 Å². The van der Waals surface area contributed by atoms with Gasteiger partial charge in [0.25, 0.3) is 11.8 Å². The van der Waals surface area contributed by atoms with Crippen LogP contribution in [-0.4, -0.2) is 72.7 Å². The molecule has 1 aromatic carbocycles. The maximum atomic E-state index is 12.4. The fourth-order valence-electron chi connectivity index (χ4n) is 4.13. The molecule has 4 rings (SSSR count). The van der Waals surface area contributed by atoms with E-state index in [1.165, 1.54) is 4.90 Å². The number of fused-ring (bicyclic) bond motifs is 1. The van der Waals surface area contributed by atoms with Crippen molar-refractivity contribution in [1.82, 2.24) is 9.80 Å². The summed E-state index contributed by atoms with van der Waals surface area (Å²) in [5.74, 6) is -0.339. The number of ether oxygens (including phenoxy) is 2. The third kappa shape index (κ3) is 2.88. The van der Waals surface area contributed by atoms with Crippen LogP contribution in [-0.2, 0) is 9.47 Å². The van der Waals surface area contributed by atoms with Gasteiger partial charge in [-0.15, -0.1) is 0 Å². The maximum absolute atomic E-state index is 12.4. The van der Waals surface area contributed by atoms with Crippen molar-refractivity contribution in [3.05, 3.63) is 35.4 Å². The van der Waals surface area contributed by atoms with E-state index in [2.05, 4.69) is 11.8 Å². The predicted molar refractivity (Wildman–Crippen MR) is 91.6 cm³/mol. The summed E-state index contributed by atoms with van der Waals surface area (Å²) in [4.78, 5) is 28.5. The highest BCUT2D eigenvalue weighted by atomic mass is 16.6. The Labute approximate surface area is 147 Å². The predicted octanol–water partition coefficient (Wildman–Crippen LogP) is 1.55. The number of benzene rings is 1. The van der Waals surface area contributed by atoms with E-state index in [9.17, 15) is 9.59 Å². The Morgan fingerprint density at radius 1 is 1.12 bits per heavy atom. The second-order valence-corrected chi connectivity index (χ2v) is 7.11. The van der Waals surface area contributed by atoms with E-state index in [0.717, 1.165) is 39.1 Å². The van der Waals surface area contributed by atoms with Crippen LogP contribution < -0.4 is 0 Å². The number of amides is 2. The molecule has 1 spiro atoms. The number of morpholine rings is 1. The van der Waals surface area contributed by atoms with Gasteiger partial charge in [-0.25, -0.2) is 0 Å². The SMILES string of the molecule is C[C@H]1OCC[C@]12CN(CCCN1C(=O)c3ccccc3C1=O)CCO2. The Balaban J connectivity index is 1.33. The van der Waals surface area contributed by atoms with Gasteiger partial charge in [0, 0.05) is 39.2 Å². The monoisotopic (exact) mass is 344 g/mol. The molecule has 0 bridgehead atoms. The fraction of sp³-hybridized carbons (Fsp3) is 0.579. The molecule has 0 radical (unpaired) electrons. The van der Waals surface area contributed by atoms with Gasteiger partial charge >= 0.3 is 0 Å². The number of rotatable bonds is 4. The molecule has 1 aromatic rings. The maximum Gasteiger partial charge on any atom is 0.261 e. The summed E-state index contributed by atoms with van der Waals surface area (Å²) in [6, 6.07) is 7.04. The zero-order valence-electron chi connectivity index (χ0n) is 14.6. The highest BCUT2D eigenvalue weighted by Crippen LogP contribution is 2.33. The second-order valence-electron chi connectivity index (χ2n) is 7.11. The minimum atomic E-state index is -0.187. The summed E-state index contributed by atoms with van der Waals surface area (Å²) in [5, 5.41) is 0. The first-order valence-corrected chi connectivity index (χ1v) is 9.04. The summed E-state index contributed by atoms with van der Waals surface area (Å²) >= 11 is 0. The molecule has 3 aliphatic rings. The molecule has 6 heteroatoms. The van der Waals surface area contributed by atoms with Crippen LogP contribution in [0.3, 0.4) is 0 Å². The highest BCUT2D eigenvalue weighted by molar-refractivity contribution is 6.21. The molecule has 134 valence electrons. The van der Waals surface area contributed by atoms with Crippen molar-refractivity contribution in [2.75, 3.05) is 39.4 Å². The van der Waals surface area contributed by atoms with Crippen molar-refractivity contribution in [3.8, 4) is 0 Å². The molecule has 2 fully saturated rings. The van der Waals surface area contributed by atoms with E-state index in [4.69, 9.17) is 9.47 Å². The van der Waals surface area contributed by atoms with Crippen LogP contribution in [0, 0.1) is 0 Å². The van der Waals surface area contributed by atoms with Crippen molar-refractivity contribution >= 4 is 11.8 Å². The molecule has 3 heterocycles. The molecule has 6 nitrogen and oxygen atoms in total. The summed E-state index contributed by atoms with van der Waals surface area (Å²) in [5.41, 5.74) is 0.859. The molecule has 0 unspecified atom stereocenters. The standard InChI is InChI=1S/C19H24N2O4/c1-14-19(7-11-24-14)13-20(10-12-25-19)8-4-9-21-17(22)15-5-2-3-6-16(15)18(21)23/h2-3,5-6,14H,4,7-13H2,1H3/t14-,19+/m1/s1. The van der Waals surface area contributed by atoms with Crippen molar-refractivity contribution in [2.24, 2.45) is 0 Å². The molecule has 2 saturated heterocycles. The lowest BCUT2D eigenvalue weighted by Gasteiger charge is -2.42. The molecule has 3 aliphatic heterocycles. The Bertz CT molecular complexity index is 657. The van der Waals surface area contributed by atoms with Crippen molar-refractivity contribution in [2.45, 2.75) is 31.5 Å². The summed E-state index contributed by atoms with van der Waals surface area (Å²) in [7, 11) is 0. The normalized spacial score (nSPS) is 29.6. The average Bonchev–Trinajstić information content (AvgIpc) is 3.08. The minimum absolute atomic E-state index is 0.117. The summed E-state index contributed by atoms with van der Waals surface area (Å²) < 4.78 is 11.7. The third-order valence-electron chi connectivity index (χ3n) is 5.66. The Hall–Kier alpha value is -1.76. The molecule has 0 saturated carbocycles. The topological polar surface area (TPSA) is 59.1 Å². The number of imide groups is 1. The Kier molecular flexibility index (Phi) is 4.35. The first-order valence-electron chi connectivity index (χ1n) is 9.04. The van der Waals surface area contributed by atoms with Crippen molar-refractivity contribution < 1.29 is 19.1 Å². The van der Waals surface area contributed by atoms with Gasteiger partial charge in [0.05, 0.1) is 23.8 Å². The van der Waals surface area contributed by atoms with Gasteiger partial charge in [-0.1, -0.05) is 12.1 Å². The number of hydrogen-bond donors (Lipinski definition) is 0. The van der Waals surface area contributed by atoms with Crippen LogP contribution in [0.1, 0.15) is 40.5 Å². The van der Waals surface area contributed by atoms with Gasteiger partial charge in [-0.05, 0) is 25.5 Å². The van der Waals surface area contributed by atoms with Gasteiger partial charge in [0.15, 0.2) is 0 Å². The average molecular weight is 344 g/mol. The van der Waals surface area contributed by atoms with Gasteiger partial charge in [0.1, 0.15) is 5.60 Å². The van der Waals surface area contributed by atoms with E-state index < -0.39 is 0 Å². The Morgan fingerprint density at radius 3 is 2.48 bits per heavy atom. The molecular formula is C19H24N2O4. The number of carbonyl (C=O) groups is 2. The van der Waals surface area contributed by atoms with Crippen LogP contribution in [0.25, 0.3) is 0 Å². The number of nitrogens with zero attached hydrogens (tertiary/aromatic N) is 2. The van der Waals surface area contributed by atoms with E-state index in [0.29, 0.717) is 24.3 Å². The molecule has 0 aliphatic carbocycles. The lowest BCUT2D eigenvalue weighted by atomic mass is 9.94. The first-order chi connectivity index (χ1) is 12.1. The van der Waals surface area contributed by atoms with Crippen molar-refractivity contribution in [1.29, 1.82) is 0 Å². The first kappa shape index (κ1) is 16.7. The molecule has 0 aromatic heterocycles. The lowest BCUT2D eigenvalue weighted by molar-refractivity contribution is -0.135. The molecule has 2 amide bonds. The van der Waals surface area contributed by atoms with Crippen molar-refractivity contribution in [3.63, 3.8) is 0 Å². The van der Waals surface area contributed by atoms with Gasteiger partial charge < -0.3 is 9.47 Å². The van der Waals surface area contributed by atoms with Gasteiger partial charge in [-0.3, -0.25) is 19.4 Å². The van der Waals surface area contributed by atoms with Crippen LogP contribution >= 0.6 is 0 Å². The van der Waals surface area contributed by atoms with Crippen LogP contribution in [0.2, 0.25) is 0 Å². The quantitative estimate of drug-likeness (QED) is 0.776. The molecule has 0 N–H and O–H groups in total. The second kappa shape index (κ2) is 6.52. The zero-order valence-corrected chi connectivity index (χ0v) is 14.6. The van der Waals surface area contributed by atoms with E-state index in [1.807, 2.05) is 0 Å². The largest absolute Gasteiger partial charge is 0.375 e. The Morgan fingerprint density at radius 2 is 1.84 bits per heavy atom. The highest BCUT2D eigenvalue weighted by Gasteiger charge is 2.45.